The van der Waals surface area contributed by atoms with Gasteiger partial charge in [-0.15, -0.1) is 0 Å². The molecule has 0 spiro atoms. The molecule has 0 fully saturated rings. The average molecular weight is 391 g/mol. The molecule has 3 aromatic rings. The number of rotatable bonds is 6. The fraction of sp³-hybridized carbons (Fsp3) is 0.130. The van der Waals surface area contributed by atoms with E-state index in [0.29, 0.717) is 22.0 Å². The van der Waals surface area contributed by atoms with Crippen molar-refractivity contribution in [3.63, 3.8) is 0 Å². The zero-order valence-corrected chi connectivity index (χ0v) is 16.1. The number of benzene rings is 3. The summed E-state index contributed by atoms with van der Waals surface area (Å²) in [6.45, 7) is 1.86. The molecule has 5 heteroatoms. The first-order chi connectivity index (χ1) is 13.6. The number of hydrogen-bond donors (Lipinski definition) is 1. The molecular formula is C23H19ClN2O2. The van der Waals surface area contributed by atoms with Crippen LogP contribution in [0.3, 0.4) is 0 Å². The van der Waals surface area contributed by atoms with Gasteiger partial charge in [0, 0.05) is 10.7 Å². The number of ether oxygens (including phenoxy) is 1. The zero-order chi connectivity index (χ0) is 19.9. The van der Waals surface area contributed by atoms with Gasteiger partial charge in [0.05, 0.1) is 12.0 Å². The van der Waals surface area contributed by atoms with E-state index in [1.807, 2.05) is 55.5 Å². The summed E-state index contributed by atoms with van der Waals surface area (Å²) in [5, 5.41) is 12.8. The van der Waals surface area contributed by atoms with Gasteiger partial charge in [-0.3, -0.25) is 4.79 Å². The molecule has 0 aromatic heterocycles. The Kier molecular flexibility index (Phi) is 6.31. The minimum absolute atomic E-state index is 0.104. The Hall–Kier alpha value is -3.29. The van der Waals surface area contributed by atoms with Gasteiger partial charge in [0.1, 0.15) is 5.75 Å². The molecule has 3 aromatic carbocycles. The van der Waals surface area contributed by atoms with Crippen molar-refractivity contribution in [3.8, 4) is 11.8 Å². The normalized spacial score (nSPS) is 11.3. The van der Waals surface area contributed by atoms with Gasteiger partial charge in [-0.2, -0.15) is 5.26 Å². The maximum atomic E-state index is 12.1. The number of hydrogen-bond acceptors (Lipinski definition) is 3. The zero-order valence-electron chi connectivity index (χ0n) is 15.4. The highest BCUT2D eigenvalue weighted by molar-refractivity contribution is 6.31. The molecule has 0 radical (unpaired) electrons. The highest BCUT2D eigenvalue weighted by atomic mass is 35.5. The molecule has 0 aliphatic carbocycles. The predicted octanol–water partition coefficient (Wildman–Crippen LogP) is 5.32. The van der Waals surface area contributed by atoms with Gasteiger partial charge in [-0.25, -0.2) is 0 Å². The number of nitriles is 1. The van der Waals surface area contributed by atoms with E-state index in [0.717, 1.165) is 11.1 Å². The van der Waals surface area contributed by atoms with E-state index in [1.165, 1.54) is 0 Å². The lowest BCUT2D eigenvalue weighted by molar-refractivity contribution is -0.118. The Labute approximate surface area is 169 Å². The van der Waals surface area contributed by atoms with Crippen molar-refractivity contribution in [3.05, 3.63) is 94.5 Å². The van der Waals surface area contributed by atoms with Crippen LogP contribution >= 0.6 is 11.6 Å². The van der Waals surface area contributed by atoms with Gasteiger partial charge in [-0.1, -0.05) is 60.1 Å². The summed E-state index contributed by atoms with van der Waals surface area (Å²) in [5.74, 6) is -0.114. The molecule has 1 N–H and O–H groups in total. The standard InChI is InChI=1S/C23H19ClN2O2/c1-16-6-5-9-19(12-16)28-15-23(27)26-18-10-11-20(22(24)13-18)21(14-25)17-7-3-2-4-8-17/h2-13,21H,15H2,1H3,(H,26,27). The van der Waals surface area contributed by atoms with Gasteiger partial charge in [0.15, 0.2) is 6.61 Å². The van der Waals surface area contributed by atoms with E-state index >= 15 is 0 Å². The van der Waals surface area contributed by atoms with Crippen molar-refractivity contribution >= 4 is 23.2 Å². The van der Waals surface area contributed by atoms with E-state index in [1.54, 1.807) is 24.3 Å². The lowest BCUT2D eigenvalue weighted by Crippen LogP contribution is -2.20. The smallest absolute Gasteiger partial charge is 0.262 e. The first-order valence-electron chi connectivity index (χ1n) is 8.80. The van der Waals surface area contributed by atoms with Gasteiger partial charge in [0.2, 0.25) is 0 Å². The largest absolute Gasteiger partial charge is 0.484 e. The van der Waals surface area contributed by atoms with Crippen molar-refractivity contribution in [1.29, 1.82) is 5.26 Å². The number of nitrogens with one attached hydrogen (secondary N) is 1. The fourth-order valence-corrected chi connectivity index (χ4v) is 3.15. The molecule has 0 saturated carbocycles. The second-order valence-electron chi connectivity index (χ2n) is 6.36. The maximum Gasteiger partial charge on any atom is 0.262 e. The molecule has 1 unspecified atom stereocenters. The summed E-state index contributed by atoms with van der Waals surface area (Å²) in [6, 6.07) is 24.4. The molecule has 1 atom stereocenters. The lowest BCUT2D eigenvalue weighted by atomic mass is 9.92. The van der Waals surface area contributed by atoms with E-state index in [9.17, 15) is 10.1 Å². The molecule has 0 saturated heterocycles. The molecule has 28 heavy (non-hydrogen) atoms. The van der Waals surface area contributed by atoms with Gasteiger partial charge >= 0.3 is 0 Å². The fourth-order valence-electron chi connectivity index (χ4n) is 2.86. The summed E-state index contributed by atoms with van der Waals surface area (Å²) < 4.78 is 5.50. The van der Waals surface area contributed by atoms with E-state index in [4.69, 9.17) is 16.3 Å². The number of amides is 1. The number of halogens is 1. The molecule has 0 heterocycles. The van der Waals surface area contributed by atoms with Gasteiger partial charge in [0.25, 0.3) is 5.91 Å². The van der Waals surface area contributed by atoms with Crippen molar-refractivity contribution < 1.29 is 9.53 Å². The number of aryl methyl sites for hydroxylation is 1. The van der Waals surface area contributed by atoms with Crippen molar-refractivity contribution in [2.45, 2.75) is 12.8 Å². The number of carbonyl (C=O) groups is 1. The molecule has 0 aliphatic rings. The molecule has 4 nitrogen and oxygen atoms in total. The molecule has 140 valence electrons. The van der Waals surface area contributed by atoms with E-state index in [-0.39, 0.29) is 12.5 Å². The van der Waals surface area contributed by atoms with Crippen LogP contribution in [0.1, 0.15) is 22.6 Å². The van der Waals surface area contributed by atoms with Gasteiger partial charge < -0.3 is 10.1 Å². The van der Waals surface area contributed by atoms with E-state index < -0.39 is 5.92 Å². The van der Waals surface area contributed by atoms with Crippen LogP contribution in [0.5, 0.6) is 5.75 Å². The Balaban J connectivity index is 1.67. The Morgan fingerprint density at radius 1 is 1.11 bits per heavy atom. The van der Waals surface area contributed by atoms with Crippen LogP contribution in [0.4, 0.5) is 5.69 Å². The monoisotopic (exact) mass is 390 g/mol. The Morgan fingerprint density at radius 2 is 1.89 bits per heavy atom. The topological polar surface area (TPSA) is 62.1 Å². The highest BCUT2D eigenvalue weighted by Crippen LogP contribution is 2.31. The molecular weight excluding hydrogens is 372 g/mol. The predicted molar refractivity (Wildman–Crippen MR) is 111 cm³/mol. The summed E-state index contributed by atoms with van der Waals surface area (Å²) in [4.78, 5) is 12.1. The van der Waals surface area contributed by atoms with Crippen LogP contribution in [0, 0.1) is 18.3 Å². The van der Waals surface area contributed by atoms with Crippen LogP contribution in [0.15, 0.2) is 72.8 Å². The summed E-state index contributed by atoms with van der Waals surface area (Å²) in [7, 11) is 0. The minimum Gasteiger partial charge on any atom is -0.484 e. The first-order valence-corrected chi connectivity index (χ1v) is 9.18. The number of anilines is 1. The van der Waals surface area contributed by atoms with Crippen molar-refractivity contribution in [2.24, 2.45) is 0 Å². The van der Waals surface area contributed by atoms with Crippen molar-refractivity contribution in [1.82, 2.24) is 0 Å². The third kappa shape index (κ3) is 4.91. The Morgan fingerprint density at radius 3 is 2.57 bits per heavy atom. The molecule has 0 bridgehead atoms. The maximum absolute atomic E-state index is 12.1. The van der Waals surface area contributed by atoms with Crippen molar-refractivity contribution in [2.75, 3.05) is 11.9 Å². The van der Waals surface area contributed by atoms with Crippen LogP contribution in [0.2, 0.25) is 5.02 Å². The quantitative estimate of drug-likeness (QED) is 0.619. The summed E-state index contributed by atoms with van der Waals surface area (Å²) in [5.41, 5.74) is 3.18. The van der Waals surface area contributed by atoms with Crippen LogP contribution < -0.4 is 10.1 Å². The third-order valence-electron chi connectivity index (χ3n) is 4.22. The second kappa shape index (κ2) is 9.07. The average Bonchev–Trinajstić information content (AvgIpc) is 2.69. The van der Waals surface area contributed by atoms with Crippen LogP contribution in [-0.2, 0) is 4.79 Å². The first kappa shape index (κ1) is 19.5. The molecule has 1 amide bonds. The SMILES string of the molecule is Cc1cccc(OCC(=O)Nc2ccc(C(C#N)c3ccccc3)c(Cl)c2)c1. The van der Waals surface area contributed by atoms with Gasteiger partial charge in [-0.05, 0) is 47.9 Å². The lowest BCUT2D eigenvalue weighted by Gasteiger charge is -2.14. The third-order valence-corrected chi connectivity index (χ3v) is 4.54. The van der Waals surface area contributed by atoms with E-state index in [2.05, 4.69) is 11.4 Å². The van der Waals surface area contributed by atoms with Crippen LogP contribution in [0.25, 0.3) is 0 Å². The summed E-state index contributed by atoms with van der Waals surface area (Å²) in [6.07, 6.45) is 0. The van der Waals surface area contributed by atoms with Crippen LogP contribution in [-0.4, -0.2) is 12.5 Å². The molecule has 0 aliphatic heterocycles. The second-order valence-corrected chi connectivity index (χ2v) is 6.77. The Bertz CT molecular complexity index is 1010. The number of carbonyl (C=O) groups excluding carboxylic acids is 1. The molecule has 3 rings (SSSR count). The summed E-state index contributed by atoms with van der Waals surface area (Å²) >= 11 is 6.39. The highest BCUT2D eigenvalue weighted by Gasteiger charge is 2.17. The number of nitrogens with zero attached hydrogens (tertiary/aromatic N) is 1. The minimum atomic E-state index is -0.469.